The Balaban J connectivity index is 2.51. The van der Waals surface area contributed by atoms with Crippen LogP contribution in [0.4, 0.5) is 8.78 Å². The van der Waals surface area contributed by atoms with E-state index in [0.29, 0.717) is 0 Å². The maximum absolute atomic E-state index is 12.7. The fraction of sp³-hybridized carbons (Fsp3) is 0.375. The Bertz CT molecular complexity index is 331. The largest absolute Gasteiger partial charge is 0.345 e. The highest BCUT2D eigenvalue weighted by molar-refractivity contribution is 5.91. The molecule has 5 nitrogen and oxygen atoms in total. The molecule has 1 heterocycles. The van der Waals surface area contributed by atoms with E-state index in [-0.39, 0.29) is 5.69 Å². The van der Waals surface area contributed by atoms with E-state index in [1.165, 1.54) is 18.6 Å². The molecule has 82 valence electrons. The molecule has 1 amide bonds. The average molecular weight is 216 g/mol. The number of alkyl halides is 2. The van der Waals surface area contributed by atoms with Gasteiger partial charge in [-0.1, -0.05) is 0 Å². The van der Waals surface area contributed by atoms with Gasteiger partial charge in [0.05, 0.1) is 19.3 Å². The first-order valence-electron chi connectivity index (χ1n) is 4.17. The van der Waals surface area contributed by atoms with E-state index in [0.717, 1.165) is 0 Å². The first kappa shape index (κ1) is 11.4. The summed E-state index contributed by atoms with van der Waals surface area (Å²) in [5.41, 5.74) is 4.79. The van der Waals surface area contributed by atoms with Crippen LogP contribution in [0.2, 0.25) is 0 Å². The average Bonchev–Trinajstić information content (AvgIpc) is 2.27. The Morgan fingerprint density at radius 2 is 2.27 bits per heavy atom. The summed E-state index contributed by atoms with van der Waals surface area (Å²) in [6.07, 6.45) is 3.87. The fourth-order valence-electron chi connectivity index (χ4n) is 0.789. The maximum atomic E-state index is 12.7. The lowest BCUT2D eigenvalue weighted by Crippen LogP contribution is -2.41. The lowest BCUT2D eigenvalue weighted by Gasteiger charge is -2.13. The number of halogens is 2. The first-order chi connectivity index (χ1) is 7.05. The van der Waals surface area contributed by atoms with Crippen molar-refractivity contribution >= 4 is 5.91 Å². The zero-order chi connectivity index (χ0) is 11.3. The summed E-state index contributed by atoms with van der Waals surface area (Å²) in [7, 11) is 0. The zero-order valence-corrected chi connectivity index (χ0v) is 7.78. The summed E-state index contributed by atoms with van der Waals surface area (Å²) >= 11 is 0. The van der Waals surface area contributed by atoms with Crippen LogP contribution in [0.15, 0.2) is 18.6 Å². The van der Waals surface area contributed by atoms with Crippen LogP contribution in [-0.2, 0) is 0 Å². The fourth-order valence-corrected chi connectivity index (χ4v) is 0.789. The van der Waals surface area contributed by atoms with Crippen molar-refractivity contribution in [2.24, 2.45) is 5.73 Å². The minimum Gasteiger partial charge on any atom is -0.345 e. The highest BCUT2D eigenvalue weighted by atomic mass is 19.3. The Hall–Kier alpha value is -1.63. The number of carbonyl (C=O) groups excluding carboxylic acids is 1. The molecule has 0 radical (unpaired) electrons. The van der Waals surface area contributed by atoms with Gasteiger partial charge < -0.3 is 11.1 Å². The standard InChI is InChI=1S/C8H10F2N4O/c9-8(10,4-11)5-14-7(15)6-3-12-1-2-13-6/h1-3H,4-5,11H2,(H,14,15). The SMILES string of the molecule is NCC(F)(F)CNC(=O)c1cnccn1. The molecule has 15 heavy (non-hydrogen) atoms. The molecule has 1 rings (SSSR count). The Kier molecular flexibility index (Phi) is 3.62. The quantitative estimate of drug-likeness (QED) is 0.730. The normalized spacial score (nSPS) is 11.1. The summed E-state index contributed by atoms with van der Waals surface area (Å²) in [5, 5.41) is 2.02. The molecule has 7 heteroatoms. The number of rotatable bonds is 4. The van der Waals surface area contributed by atoms with Crippen LogP contribution < -0.4 is 11.1 Å². The highest BCUT2D eigenvalue weighted by Gasteiger charge is 2.27. The minimum absolute atomic E-state index is 0.00896. The second kappa shape index (κ2) is 4.74. The van der Waals surface area contributed by atoms with Gasteiger partial charge in [-0.2, -0.15) is 0 Å². The lowest BCUT2D eigenvalue weighted by molar-refractivity contribution is 0.0118. The molecule has 0 aliphatic rings. The van der Waals surface area contributed by atoms with Crippen LogP contribution in [0, 0.1) is 0 Å². The first-order valence-corrected chi connectivity index (χ1v) is 4.17. The summed E-state index contributed by atoms with van der Waals surface area (Å²) in [6.45, 7) is -1.62. The van der Waals surface area contributed by atoms with E-state index in [1.54, 1.807) is 0 Å². The van der Waals surface area contributed by atoms with Gasteiger partial charge in [0.25, 0.3) is 11.8 Å². The summed E-state index contributed by atoms with van der Waals surface area (Å²) in [5.74, 6) is -3.80. The molecule has 1 aromatic heterocycles. The molecular weight excluding hydrogens is 206 g/mol. The third-order valence-corrected chi connectivity index (χ3v) is 1.60. The third kappa shape index (κ3) is 3.55. The summed E-state index contributed by atoms with van der Waals surface area (Å²) < 4.78 is 25.3. The Morgan fingerprint density at radius 1 is 1.53 bits per heavy atom. The number of amides is 1. The van der Waals surface area contributed by atoms with Gasteiger partial charge in [0, 0.05) is 12.4 Å². The number of nitrogens with one attached hydrogen (secondary N) is 1. The molecule has 0 saturated carbocycles. The van der Waals surface area contributed by atoms with E-state index in [4.69, 9.17) is 5.73 Å². The zero-order valence-electron chi connectivity index (χ0n) is 7.78. The molecule has 0 bridgehead atoms. The number of carbonyl (C=O) groups is 1. The molecule has 0 spiro atoms. The van der Waals surface area contributed by atoms with Crippen LogP contribution in [0.1, 0.15) is 10.5 Å². The smallest absolute Gasteiger partial charge is 0.277 e. The molecule has 0 fully saturated rings. The number of nitrogens with zero attached hydrogens (tertiary/aromatic N) is 2. The van der Waals surface area contributed by atoms with Gasteiger partial charge in [-0.15, -0.1) is 0 Å². The van der Waals surface area contributed by atoms with E-state index in [9.17, 15) is 13.6 Å². The molecular formula is C8H10F2N4O. The van der Waals surface area contributed by atoms with Crippen LogP contribution >= 0.6 is 0 Å². The van der Waals surface area contributed by atoms with Crippen molar-refractivity contribution in [1.29, 1.82) is 0 Å². The molecule has 0 aliphatic carbocycles. The number of hydrogen-bond donors (Lipinski definition) is 2. The second-order valence-electron chi connectivity index (χ2n) is 2.83. The lowest BCUT2D eigenvalue weighted by atomic mass is 10.3. The molecule has 0 aliphatic heterocycles. The van der Waals surface area contributed by atoms with Crippen LogP contribution in [0.25, 0.3) is 0 Å². The molecule has 0 atom stereocenters. The highest BCUT2D eigenvalue weighted by Crippen LogP contribution is 2.08. The number of nitrogens with two attached hydrogens (primary N) is 1. The van der Waals surface area contributed by atoms with Gasteiger partial charge in [-0.25, -0.2) is 13.8 Å². The van der Waals surface area contributed by atoms with Crippen molar-refractivity contribution in [1.82, 2.24) is 15.3 Å². The van der Waals surface area contributed by atoms with Crippen LogP contribution in [0.3, 0.4) is 0 Å². The van der Waals surface area contributed by atoms with E-state index >= 15 is 0 Å². The van der Waals surface area contributed by atoms with Crippen molar-refractivity contribution < 1.29 is 13.6 Å². The summed E-state index contributed by atoms with van der Waals surface area (Å²) in [6, 6.07) is 0. The Labute approximate surface area is 84.7 Å². The number of aromatic nitrogens is 2. The Morgan fingerprint density at radius 3 is 2.80 bits per heavy atom. The van der Waals surface area contributed by atoms with Crippen molar-refractivity contribution in [2.75, 3.05) is 13.1 Å². The molecule has 0 unspecified atom stereocenters. The van der Waals surface area contributed by atoms with Gasteiger partial charge >= 0.3 is 0 Å². The molecule has 0 saturated heterocycles. The second-order valence-corrected chi connectivity index (χ2v) is 2.83. The third-order valence-electron chi connectivity index (χ3n) is 1.60. The van der Waals surface area contributed by atoms with E-state index < -0.39 is 24.9 Å². The van der Waals surface area contributed by atoms with Crippen molar-refractivity contribution in [3.8, 4) is 0 Å². The van der Waals surface area contributed by atoms with Gasteiger partial charge in [-0.05, 0) is 0 Å². The minimum atomic E-state index is -3.10. The monoisotopic (exact) mass is 216 g/mol. The van der Waals surface area contributed by atoms with Gasteiger partial charge in [0.1, 0.15) is 5.69 Å². The molecule has 1 aromatic rings. The van der Waals surface area contributed by atoms with Gasteiger partial charge in [0.15, 0.2) is 0 Å². The number of hydrogen-bond acceptors (Lipinski definition) is 4. The predicted octanol–water partition coefficient (Wildman–Crippen LogP) is -0.200. The van der Waals surface area contributed by atoms with Crippen molar-refractivity contribution in [3.63, 3.8) is 0 Å². The van der Waals surface area contributed by atoms with Crippen molar-refractivity contribution in [2.45, 2.75) is 5.92 Å². The van der Waals surface area contributed by atoms with Crippen molar-refractivity contribution in [3.05, 3.63) is 24.3 Å². The summed E-state index contributed by atoms with van der Waals surface area (Å²) in [4.78, 5) is 18.5. The van der Waals surface area contributed by atoms with Gasteiger partial charge in [0.2, 0.25) is 0 Å². The molecule has 0 aromatic carbocycles. The topological polar surface area (TPSA) is 80.9 Å². The van der Waals surface area contributed by atoms with Crippen LogP contribution in [-0.4, -0.2) is 34.9 Å². The predicted molar refractivity (Wildman–Crippen MR) is 48.4 cm³/mol. The van der Waals surface area contributed by atoms with Crippen LogP contribution in [0.5, 0.6) is 0 Å². The van der Waals surface area contributed by atoms with E-state index in [1.807, 2.05) is 5.32 Å². The van der Waals surface area contributed by atoms with E-state index in [2.05, 4.69) is 9.97 Å². The van der Waals surface area contributed by atoms with Gasteiger partial charge in [-0.3, -0.25) is 9.78 Å². The maximum Gasteiger partial charge on any atom is 0.277 e. The molecule has 3 N–H and O–H groups in total.